The van der Waals surface area contributed by atoms with Gasteiger partial charge < -0.3 is 9.64 Å². The molecular weight excluding hydrogens is 330 g/mol. The maximum atomic E-state index is 12.3. The summed E-state index contributed by atoms with van der Waals surface area (Å²) in [6.07, 6.45) is 5.66. The highest BCUT2D eigenvalue weighted by Crippen LogP contribution is 2.29. The van der Waals surface area contributed by atoms with Gasteiger partial charge >= 0.3 is 0 Å². The molecule has 1 saturated carbocycles. The van der Waals surface area contributed by atoms with Crippen LogP contribution < -0.4 is 9.46 Å². The van der Waals surface area contributed by atoms with Crippen LogP contribution in [0.4, 0.5) is 0 Å². The Kier molecular flexibility index (Phi) is 5.05. The first-order valence-electron chi connectivity index (χ1n) is 8.26. The lowest BCUT2D eigenvalue weighted by Gasteiger charge is -2.39. The molecule has 1 N–H and O–H groups in total. The molecule has 1 aromatic rings. The molecule has 24 heavy (non-hydrogen) atoms. The minimum Gasteiger partial charge on any atom is -0.481 e. The van der Waals surface area contributed by atoms with E-state index in [-0.39, 0.29) is 18.4 Å². The van der Waals surface area contributed by atoms with Crippen molar-refractivity contribution in [1.82, 2.24) is 14.6 Å². The number of nitrogens with one attached hydrogen (secondary N) is 1. The zero-order valence-electron chi connectivity index (χ0n) is 13.8. The lowest BCUT2D eigenvalue weighted by molar-refractivity contribution is -0.138. The van der Waals surface area contributed by atoms with Crippen molar-refractivity contribution in [3.63, 3.8) is 0 Å². The highest BCUT2D eigenvalue weighted by molar-refractivity contribution is 7.90. The second kappa shape index (κ2) is 7.06. The summed E-state index contributed by atoms with van der Waals surface area (Å²) in [5, 5.41) is -0.519. The largest absolute Gasteiger partial charge is 0.481 e. The van der Waals surface area contributed by atoms with Crippen LogP contribution in [0, 0.1) is 5.92 Å². The van der Waals surface area contributed by atoms with E-state index in [9.17, 15) is 13.2 Å². The van der Waals surface area contributed by atoms with Crippen molar-refractivity contribution in [2.24, 2.45) is 5.92 Å². The fourth-order valence-electron chi connectivity index (χ4n) is 3.18. The van der Waals surface area contributed by atoms with Gasteiger partial charge in [-0.05, 0) is 18.4 Å². The average molecular weight is 353 g/mol. The van der Waals surface area contributed by atoms with Crippen LogP contribution in [0.15, 0.2) is 18.3 Å². The monoisotopic (exact) mass is 353 g/mol. The van der Waals surface area contributed by atoms with Gasteiger partial charge in [0.2, 0.25) is 21.8 Å². The molecule has 2 fully saturated rings. The van der Waals surface area contributed by atoms with Crippen LogP contribution in [0.25, 0.3) is 0 Å². The van der Waals surface area contributed by atoms with Gasteiger partial charge in [0.15, 0.2) is 0 Å². The first-order valence-corrected chi connectivity index (χ1v) is 9.80. The first kappa shape index (κ1) is 17.2. The third-order valence-electron chi connectivity index (χ3n) is 4.79. The molecule has 1 aliphatic carbocycles. The predicted octanol–water partition coefficient (Wildman–Crippen LogP) is 0.911. The third-order valence-corrected chi connectivity index (χ3v) is 6.51. The number of hydrogen-bond donors (Lipinski definition) is 1. The van der Waals surface area contributed by atoms with Crippen molar-refractivity contribution < 1.29 is 17.9 Å². The molecule has 7 nitrogen and oxygen atoms in total. The summed E-state index contributed by atoms with van der Waals surface area (Å²) in [5.41, 5.74) is 0.762. The smallest absolute Gasteiger partial charge is 0.225 e. The molecule has 2 heterocycles. The molecule has 0 aromatic carbocycles. The second-order valence-electron chi connectivity index (χ2n) is 6.42. The lowest BCUT2D eigenvalue weighted by Crippen LogP contribution is -2.60. The molecule has 8 heteroatoms. The summed E-state index contributed by atoms with van der Waals surface area (Å²) in [7, 11) is -1.90. The van der Waals surface area contributed by atoms with Crippen LogP contribution in [0.2, 0.25) is 0 Å². The van der Waals surface area contributed by atoms with Crippen molar-refractivity contribution in [3.05, 3.63) is 23.9 Å². The number of carbonyl (C=O) groups is 1. The van der Waals surface area contributed by atoms with Crippen LogP contribution >= 0.6 is 0 Å². The van der Waals surface area contributed by atoms with Crippen molar-refractivity contribution in [2.75, 3.05) is 20.2 Å². The number of sulfonamides is 1. The van der Waals surface area contributed by atoms with Crippen molar-refractivity contribution in [2.45, 2.75) is 37.5 Å². The van der Waals surface area contributed by atoms with Crippen molar-refractivity contribution in [1.29, 1.82) is 0 Å². The minimum atomic E-state index is -3.43. The number of pyridine rings is 1. The Morgan fingerprint density at radius 1 is 1.33 bits per heavy atom. The average Bonchev–Trinajstić information content (AvgIpc) is 3.06. The van der Waals surface area contributed by atoms with Gasteiger partial charge in [-0.25, -0.2) is 18.1 Å². The number of aromatic nitrogens is 1. The van der Waals surface area contributed by atoms with E-state index in [4.69, 9.17) is 4.74 Å². The summed E-state index contributed by atoms with van der Waals surface area (Å²) in [5.74, 6) is 0.715. The number of hydrogen-bond acceptors (Lipinski definition) is 5. The molecule has 0 bridgehead atoms. The molecule has 1 aliphatic heterocycles. The maximum absolute atomic E-state index is 12.3. The Morgan fingerprint density at radius 3 is 2.62 bits per heavy atom. The SMILES string of the molecule is COc1ccc(CNS(=O)(=O)C2CN(C(=O)C3CCCC3)C2)cn1. The summed E-state index contributed by atoms with van der Waals surface area (Å²) >= 11 is 0. The van der Waals surface area contributed by atoms with Gasteiger partial charge in [-0.15, -0.1) is 0 Å². The Morgan fingerprint density at radius 2 is 2.04 bits per heavy atom. The van der Waals surface area contributed by atoms with E-state index in [1.807, 2.05) is 0 Å². The van der Waals surface area contributed by atoms with Gasteiger partial charge in [-0.2, -0.15) is 0 Å². The number of ether oxygens (including phenoxy) is 1. The van der Waals surface area contributed by atoms with Crippen LogP contribution in [-0.4, -0.2) is 49.7 Å². The summed E-state index contributed by atoms with van der Waals surface area (Å²) < 4.78 is 32.2. The lowest BCUT2D eigenvalue weighted by atomic mass is 10.0. The number of likely N-dealkylation sites (tertiary alicyclic amines) is 1. The third kappa shape index (κ3) is 3.70. The van der Waals surface area contributed by atoms with Gasteiger partial charge in [0.1, 0.15) is 5.25 Å². The Balaban J connectivity index is 1.48. The van der Waals surface area contributed by atoms with Crippen molar-refractivity contribution >= 4 is 15.9 Å². The maximum Gasteiger partial charge on any atom is 0.225 e. The number of nitrogens with zero attached hydrogens (tertiary/aromatic N) is 2. The summed E-state index contributed by atoms with van der Waals surface area (Å²) in [6.45, 7) is 0.781. The quantitative estimate of drug-likeness (QED) is 0.821. The Labute approximate surface area is 142 Å². The van der Waals surface area contributed by atoms with E-state index in [0.29, 0.717) is 19.0 Å². The molecule has 3 rings (SSSR count). The molecule has 0 radical (unpaired) electrons. The molecule has 1 amide bonds. The van der Waals surface area contributed by atoms with E-state index in [0.717, 1.165) is 31.2 Å². The van der Waals surface area contributed by atoms with E-state index in [2.05, 4.69) is 9.71 Å². The number of rotatable bonds is 6. The van der Waals surface area contributed by atoms with Gasteiger partial charge in [-0.1, -0.05) is 18.9 Å². The molecule has 0 unspecified atom stereocenters. The van der Waals surface area contributed by atoms with Gasteiger partial charge in [0.25, 0.3) is 0 Å². The van der Waals surface area contributed by atoms with E-state index in [1.54, 1.807) is 23.2 Å². The number of amides is 1. The van der Waals surface area contributed by atoms with E-state index < -0.39 is 15.3 Å². The molecule has 1 saturated heterocycles. The predicted molar refractivity (Wildman–Crippen MR) is 88.9 cm³/mol. The molecule has 1 aromatic heterocycles. The Bertz CT molecular complexity index is 678. The molecule has 0 spiro atoms. The summed E-state index contributed by atoms with van der Waals surface area (Å²) in [4.78, 5) is 18.0. The van der Waals surface area contributed by atoms with Gasteiger partial charge in [0, 0.05) is 37.8 Å². The van der Waals surface area contributed by atoms with E-state index >= 15 is 0 Å². The number of methoxy groups -OCH3 is 1. The zero-order valence-corrected chi connectivity index (χ0v) is 14.6. The van der Waals surface area contributed by atoms with Crippen LogP contribution in [-0.2, 0) is 21.4 Å². The van der Waals surface area contributed by atoms with Gasteiger partial charge in [-0.3, -0.25) is 4.79 Å². The summed E-state index contributed by atoms with van der Waals surface area (Å²) in [6, 6.07) is 3.46. The zero-order chi connectivity index (χ0) is 17.2. The highest BCUT2D eigenvalue weighted by Gasteiger charge is 2.41. The van der Waals surface area contributed by atoms with Crippen molar-refractivity contribution in [3.8, 4) is 5.88 Å². The van der Waals surface area contributed by atoms with Crippen LogP contribution in [0.1, 0.15) is 31.2 Å². The van der Waals surface area contributed by atoms with Crippen LogP contribution in [0.3, 0.4) is 0 Å². The normalized spacial score (nSPS) is 19.3. The fraction of sp³-hybridized carbons (Fsp3) is 0.625. The topological polar surface area (TPSA) is 88.6 Å². The molecule has 132 valence electrons. The van der Waals surface area contributed by atoms with Gasteiger partial charge in [0.05, 0.1) is 7.11 Å². The molecule has 0 atom stereocenters. The van der Waals surface area contributed by atoms with Crippen LogP contribution in [0.5, 0.6) is 5.88 Å². The fourth-order valence-corrected chi connectivity index (χ4v) is 4.54. The first-order chi connectivity index (χ1) is 11.5. The standard InChI is InChI=1S/C16H23N3O4S/c1-23-15-7-6-12(8-17-15)9-18-24(21,22)14-10-19(11-14)16(20)13-4-2-3-5-13/h6-8,13-14,18H,2-5,9-11H2,1H3. The second-order valence-corrected chi connectivity index (χ2v) is 8.47. The minimum absolute atomic E-state index is 0.104. The molecule has 2 aliphatic rings. The molecular formula is C16H23N3O4S. The van der Waals surface area contributed by atoms with E-state index in [1.165, 1.54) is 7.11 Å². The Hall–Kier alpha value is -1.67. The number of carbonyl (C=O) groups excluding carboxylic acids is 1. The highest BCUT2D eigenvalue weighted by atomic mass is 32.2.